The predicted octanol–water partition coefficient (Wildman–Crippen LogP) is 0.958. The number of hydrogen-bond acceptors (Lipinski definition) is 3. The third-order valence-electron chi connectivity index (χ3n) is 2.28. The Morgan fingerprint density at radius 3 is 3.00 bits per heavy atom. The van der Waals surface area contributed by atoms with Crippen LogP contribution in [0, 0.1) is 0 Å². The molecular formula is C10H13N5O. The lowest BCUT2D eigenvalue weighted by Gasteiger charge is -2.01. The molecule has 2 aromatic rings. The minimum absolute atomic E-state index is 0.184. The number of nitrogens with zero attached hydrogens (tertiary/aromatic N) is 3. The second kappa shape index (κ2) is 4.18. The van der Waals surface area contributed by atoms with E-state index in [2.05, 4.69) is 20.6 Å². The van der Waals surface area contributed by atoms with Gasteiger partial charge in [0.1, 0.15) is 5.69 Å². The van der Waals surface area contributed by atoms with Crippen LogP contribution in [0.15, 0.2) is 18.5 Å². The Hall–Kier alpha value is -2.11. The van der Waals surface area contributed by atoms with Crippen LogP contribution in [0.4, 0.5) is 5.69 Å². The molecule has 0 aliphatic heterocycles. The molecule has 0 saturated carbocycles. The van der Waals surface area contributed by atoms with Crippen LogP contribution in [0.3, 0.4) is 0 Å². The largest absolute Gasteiger partial charge is 0.318 e. The number of H-pyrrole nitrogens is 1. The molecule has 0 bridgehead atoms. The fraction of sp³-hybridized carbons (Fsp3) is 0.300. The number of hydrogen-bond donors (Lipinski definition) is 2. The Kier molecular flexibility index (Phi) is 2.72. The van der Waals surface area contributed by atoms with Gasteiger partial charge in [0.15, 0.2) is 0 Å². The molecule has 6 nitrogen and oxygen atoms in total. The van der Waals surface area contributed by atoms with E-state index in [-0.39, 0.29) is 5.91 Å². The second-order valence-corrected chi connectivity index (χ2v) is 3.44. The molecule has 0 aromatic carbocycles. The summed E-state index contributed by atoms with van der Waals surface area (Å²) in [7, 11) is 1.75. The molecule has 2 aromatic heterocycles. The number of nitrogens with one attached hydrogen (secondary N) is 2. The highest BCUT2D eigenvalue weighted by Gasteiger charge is 2.12. The molecular weight excluding hydrogens is 206 g/mol. The van der Waals surface area contributed by atoms with Crippen LogP contribution < -0.4 is 5.32 Å². The second-order valence-electron chi connectivity index (χ2n) is 3.44. The third kappa shape index (κ3) is 1.95. The number of aryl methyl sites for hydroxylation is 2. The average molecular weight is 219 g/mol. The van der Waals surface area contributed by atoms with Gasteiger partial charge in [-0.2, -0.15) is 10.2 Å². The Labute approximate surface area is 92.7 Å². The van der Waals surface area contributed by atoms with Gasteiger partial charge in [-0.3, -0.25) is 14.6 Å². The molecule has 6 heteroatoms. The zero-order valence-corrected chi connectivity index (χ0v) is 9.19. The number of carbonyl (C=O) groups excluding carboxylic acids is 1. The fourth-order valence-electron chi connectivity index (χ4n) is 1.43. The number of rotatable bonds is 3. The number of anilines is 1. The minimum atomic E-state index is -0.184. The van der Waals surface area contributed by atoms with E-state index in [1.807, 2.05) is 6.92 Å². The van der Waals surface area contributed by atoms with E-state index in [0.29, 0.717) is 11.4 Å². The molecule has 16 heavy (non-hydrogen) atoms. The van der Waals surface area contributed by atoms with Gasteiger partial charge >= 0.3 is 0 Å². The van der Waals surface area contributed by atoms with Crippen LogP contribution >= 0.6 is 0 Å². The summed E-state index contributed by atoms with van der Waals surface area (Å²) in [5, 5.41) is 13.3. The average Bonchev–Trinajstić information content (AvgIpc) is 2.87. The smallest absolute Gasteiger partial charge is 0.274 e. The maximum Gasteiger partial charge on any atom is 0.274 e. The standard InChI is InChI=1S/C10H13N5O/c1-3-7-4-9(15(2)14-7)10(16)13-8-5-11-12-6-8/h4-6H,3H2,1-2H3,(H,11,12)(H,13,16). The van der Waals surface area contributed by atoms with E-state index in [4.69, 9.17) is 0 Å². The minimum Gasteiger partial charge on any atom is -0.318 e. The van der Waals surface area contributed by atoms with E-state index < -0.39 is 0 Å². The normalized spacial score (nSPS) is 10.4. The molecule has 2 rings (SSSR count). The van der Waals surface area contributed by atoms with Crippen molar-refractivity contribution in [3.63, 3.8) is 0 Å². The highest BCUT2D eigenvalue weighted by atomic mass is 16.2. The van der Waals surface area contributed by atoms with E-state index in [1.54, 1.807) is 30.2 Å². The van der Waals surface area contributed by atoms with Crippen molar-refractivity contribution in [3.05, 3.63) is 29.8 Å². The molecule has 0 aliphatic carbocycles. The number of aromatic amines is 1. The zero-order chi connectivity index (χ0) is 11.5. The van der Waals surface area contributed by atoms with Crippen LogP contribution in [0.25, 0.3) is 0 Å². The Bertz CT molecular complexity index is 485. The van der Waals surface area contributed by atoms with Crippen molar-refractivity contribution in [2.75, 3.05) is 5.32 Å². The van der Waals surface area contributed by atoms with Crippen molar-refractivity contribution in [2.45, 2.75) is 13.3 Å². The third-order valence-corrected chi connectivity index (χ3v) is 2.28. The summed E-state index contributed by atoms with van der Waals surface area (Å²) in [5.41, 5.74) is 2.09. The molecule has 0 unspecified atom stereocenters. The predicted molar refractivity (Wildman–Crippen MR) is 59.1 cm³/mol. The monoisotopic (exact) mass is 219 g/mol. The highest BCUT2D eigenvalue weighted by Crippen LogP contribution is 2.08. The lowest BCUT2D eigenvalue weighted by atomic mass is 10.3. The Balaban J connectivity index is 2.17. The molecule has 0 fully saturated rings. The van der Waals surface area contributed by atoms with Crippen molar-refractivity contribution >= 4 is 11.6 Å². The van der Waals surface area contributed by atoms with Crippen LogP contribution in [-0.4, -0.2) is 25.9 Å². The van der Waals surface area contributed by atoms with Crippen molar-refractivity contribution in [2.24, 2.45) is 7.05 Å². The lowest BCUT2D eigenvalue weighted by molar-refractivity contribution is 0.101. The molecule has 2 N–H and O–H groups in total. The number of amides is 1. The highest BCUT2D eigenvalue weighted by molar-refractivity contribution is 6.02. The molecule has 84 valence electrons. The van der Waals surface area contributed by atoms with Crippen LogP contribution in [0.2, 0.25) is 0 Å². The molecule has 0 aliphatic rings. The van der Waals surface area contributed by atoms with Gasteiger partial charge in [-0.15, -0.1) is 0 Å². The first-order valence-corrected chi connectivity index (χ1v) is 5.03. The molecule has 1 amide bonds. The molecule has 0 saturated heterocycles. The van der Waals surface area contributed by atoms with Gasteiger partial charge in [0.25, 0.3) is 5.91 Å². The SMILES string of the molecule is CCc1cc(C(=O)Nc2cn[nH]c2)n(C)n1. The van der Waals surface area contributed by atoms with Crippen molar-refractivity contribution in [1.29, 1.82) is 0 Å². The fourth-order valence-corrected chi connectivity index (χ4v) is 1.43. The molecule has 0 radical (unpaired) electrons. The van der Waals surface area contributed by atoms with Gasteiger partial charge < -0.3 is 5.32 Å². The maximum atomic E-state index is 11.8. The van der Waals surface area contributed by atoms with Gasteiger partial charge in [-0.05, 0) is 12.5 Å². The summed E-state index contributed by atoms with van der Waals surface area (Å²) >= 11 is 0. The van der Waals surface area contributed by atoms with Crippen LogP contribution in [-0.2, 0) is 13.5 Å². The summed E-state index contributed by atoms with van der Waals surface area (Å²) in [5.74, 6) is -0.184. The van der Waals surface area contributed by atoms with Gasteiger partial charge in [-0.1, -0.05) is 6.92 Å². The Morgan fingerprint density at radius 1 is 1.62 bits per heavy atom. The van der Waals surface area contributed by atoms with E-state index in [0.717, 1.165) is 12.1 Å². The Morgan fingerprint density at radius 2 is 2.44 bits per heavy atom. The van der Waals surface area contributed by atoms with Crippen molar-refractivity contribution in [1.82, 2.24) is 20.0 Å². The number of carbonyl (C=O) groups is 1. The maximum absolute atomic E-state index is 11.8. The van der Waals surface area contributed by atoms with Gasteiger partial charge in [-0.25, -0.2) is 0 Å². The van der Waals surface area contributed by atoms with E-state index in [9.17, 15) is 4.79 Å². The van der Waals surface area contributed by atoms with E-state index in [1.165, 1.54) is 0 Å². The van der Waals surface area contributed by atoms with Gasteiger partial charge in [0.2, 0.25) is 0 Å². The summed E-state index contributed by atoms with van der Waals surface area (Å²) in [6.07, 6.45) is 3.98. The molecule has 2 heterocycles. The zero-order valence-electron chi connectivity index (χ0n) is 9.19. The van der Waals surface area contributed by atoms with Crippen molar-refractivity contribution < 1.29 is 4.79 Å². The van der Waals surface area contributed by atoms with Gasteiger partial charge in [0, 0.05) is 13.2 Å². The lowest BCUT2D eigenvalue weighted by Crippen LogP contribution is -2.15. The first-order chi connectivity index (χ1) is 7.70. The molecule has 0 spiro atoms. The van der Waals surface area contributed by atoms with Crippen LogP contribution in [0.1, 0.15) is 23.1 Å². The van der Waals surface area contributed by atoms with Crippen LogP contribution in [0.5, 0.6) is 0 Å². The molecule has 0 atom stereocenters. The topological polar surface area (TPSA) is 75.6 Å². The quantitative estimate of drug-likeness (QED) is 0.807. The summed E-state index contributed by atoms with van der Waals surface area (Å²) in [6.45, 7) is 2.00. The first kappa shape index (κ1) is 10.4. The summed E-state index contributed by atoms with van der Waals surface area (Å²) in [6, 6.07) is 1.79. The number of aromatic nitrogens is 4. The first-order valence-electron chi connectivity index (χ1n) is 5.03. The summed E-state index contributed by atoms with van der Waals surface area (Å²) in [4.78, 5) is 11.8. The van der Waals surface area contributed by atoms with Crippen molar-refractivity contribution in [3.8, 4) is 0 Å². The van der Waals surface area contributed by atoms with Gasteiger partial charge in [0.05, 0.1) is 17.6 Å². The summed E-state index contributed by atoms with van der Waals surface area (Å²) < 4.78 is 1.58. The van der Waals surface area contributed by atoms with E-state index >= 15 is 0 Å².